The van der Waals surface area contributed by atoms with Crippen LogP contribution in [0.1, 0.15) is 32.6 Å². The average Bonchev–Trinajstić information content (AvgIpc) is 2.93. The zero-order chi connectivity index (χ0) is 13.9. The van der Waals surface area contributed by atoms with E-state index in [2.05, 4.69) is 20.9 Å². The lowest BCUT2D eigenvalue weighted by molar-refractivity contribution is -0.120. The van der Waals surface area contributed by atoms with E-state index in [9.17, 15) is 4.79 Å². The second-order valence-corrected chi connectivity index (χ2v) is 4.61. The van der Waals surface area contributed by atoms with Gasteiger partial charge in [-0.3, -0.25) is 9.79 Å². The highest BCUT2D eigenvalue weighted by atomic mass is 16.5. The summed E-state index contributed by atoms with van der Waals surface area (Å²) in [5, 5.41) is 9.18. The lowest BCUT2D eigenvalue weighted by Crippen LogP contribution is -2.42. The SMILES string of the molecule is CCCNC(=O)CCNC(=NC)NCC1CCCO1. The van der Waals surface area contributed by atoms with Crippen LogP contribution in [0.5, 0.6) is 0 Å². The molecule has 1 aliphatic heterocycles. The number of hydrogen-bond donors (Lipinski definition) is 3. The minimum absolute atomic E-state index is 0.0731. The standard InChI is InChI=1S/C13H26N4O2/c1-3-7-15-12(18)6-8-16-13(14-2)17-10-11-5-4-9-19-11/h11H,3-10H2,1-2H3,(H,15,18)(H2,14,16,17). The predicted octanol–water partition coefficient (Wildman–Crippen LogP) is 0.247. The van der Waals surface area contributed by atoms with Crippen LogP contribution in [0, 0.1) is 0 Å². The van der Waals surface area contributed by atoms with Gasteiger partial charge in [-0.15, -0.1) is 0 Å². The first-order valence-electron chi connectivity index (χ1n) is 7.09. The smallest absolute Gasteiger partial charge is 0.221 e. The fourth-order valence-electron chi connectivity index (χ4n) is 1.88. The summed E-state index contributed by atoms with van der Waals surface area (Å²) >= 11 is 0. The Morgan fingerprint density at radius 1 is 1.32 bits per heavy atom. The minimum Gasteiger partial charge on any atom is -0.376 e. The van der Waals surface area contributed by atoms with Gasteiger partial charge in [-0.25, -0.2) is 0 Å². The van der Waals surface area contributed by atoms with E-state index in [4.69, 9.17) is 4.74 Å². The van der Waals surface area contributed by atoms with Crippen molar-refractivity contribution in [3.05, 3.63) is 0 Å². The van der Waals surface area contributed by atoms with E-state index >= 15 is 0 Å². The number of hydrogen-bond acceptors (Lipinski definition) is 3. The Balaban J connectivity index is 2.09. The van der Waals surface area contributed by atoms with E-state index in [-0.39, 0.29) is 12.0 Å². The van der Waals surface area contributed by atoms with Gasteiger partial charge in [-0.05, 0) is 19.3 Å². The third-order valence-electron chi connectivity index (χ3n) is 2.96. The zero-order valence-corrected chi connectivity index (χ0v) is 12.0. The monoisotopic (exact) mass is 270 g/mol. The molecule has 1 atom stereocenters. The fourth-order valence-corrected chi connectivity index (χ4v) is 1.88. The van der Waals surface area contributed by atoms with E-state index in [0.717, 1.165) is 44.9 Å². The first-order chi connectivity index (χ1) is 9.26. The van der Waals surface area contributed by atoms with Gasteiger partial charge in [0.05, 0.1) is 6.10 Å². The van der Waals surface area contributed by atoms with Crippen LogP contribution in [-0.4, -0.2) is 51.3 Å². The molecule has 1 aliphatic rings. The van der Waals surface area contributed by atoms with Crippen molar-refractivity contribution in [3.8, 4) is 0 Å². The summed E-state index contributed by atoms with van der Waals surface area (Å²) < 4.78 is 5.53. The lowest BCUT2D eigenvalue weighted by Gasteiger charge is -2.14. The number of carbonyl (C=O) groups is 1. The predicted molar refractivity (Wildman–Crippen MR) is 76.3 cm³/mol. The second-order valence-electron chi connectivity index (χ2n) is 4.61. The average molecular weight is 270 g/mol. The largest absolute Gasteiger partial charge is 0.376 e. The molecule has 110 valence electrons. The zero-order valence-electron chi connectivity index (χ0n) is 12.0. The number of aliphatic imine (C=N–C) groups is 1. The van der Waals surface area contributed by atoms with E-state index in [1.807, 2.05) is 6.92 Å². The van der Waals surface area contributed by atoms with Gasteiger partial charge in [-0.2, -0.15) is 0 Å². The van der Waals surface area contributed by atoms with Crippen molar-refractivity contribution < 1.29 is 9.53 Å². The first kappa shape index (κ1) is 15.8. The highest BCUT2D eigenvalue weighted by Crippen LogP contribution is 2.10. The molecule has 19 heavy (non-hydrogen) atoms. The van der Waals surface area contributed by atoms with Crippen molar-refractivity contribution in [3.63, 3.8) is 0 Å². The number of amides is 1. The van der Waals surface area contributed by atoms with Crippen LogP contribution < -0.4 is 16.0 Å². The molecule has 3 N–H and O–H groups in total. The molecule has 0 bridgehead atoms. The Hall–Kier alpha value is -1.30. The molecular formula is C13H26N4O2. The summed E-state index contributed by atoms with van der Waals surface area (Å²) in [5.74, 6) is 0.794. The van der Waals surface area contributed by atoms with Gasteiger partial charge in [0.25, 0.3) is 0 Å². The Bertz CT molecular complexity index is 288. The summed E-state index contributed by atoms with van der Waals surface area (Å²) in [6.45, 7) is 4.98. The maximum Gasteiger partial charge on any atom is 0.221 e. The van der Waals surface area contributed by atoms with Crippen LogP contribution >= 0.6 is 0 Å². The minimum atomic E-state index is 0.0731. The summed E-state index contributed by atoms with van der Waals surface area (Å²) in [6.07, 6.45) is 3.94. The molecule has 0 aromatic carbocycles. The first-order valence-corrected chi connectivity index (χ1v) is 7.09. The van der Waals surface area contributed by atoms with Gasteiger partial charge in [-0.1, -0.05) is 6.92 Å². The number of nitrogens with zero attached hydrogens (tertiary/aromatic N) is 1. The van der Waals surface area contributed by atoms with Gasteiger partial charge in [0.15, 0.2) is 5.96 Å². The molecule has 1 fully saturated rings. The number of guanidine groups is 1. The highest BCUT2D eigenvalue weighted by molar-refractivity contribution is 5.81. The molecule has 0 spiro atoms. The van der Waals surface area contributed by atoms with Crippen LogP contribution in [0.15, 0.2) is 4.99 Å². The maximum absolute atomic E-state index is 11.4. The molecule has 0 aliphatic carbocycles. The molecule has 0 aromatic rings. The second kappa shape index (κ2) is 9.61. The van der Waals surface area contributed by atoms with Crippen LogP contribution in [0.2, 0.25) is 0 Å². The van der Waals surface area contributed by atoms with Gasteiger partial charge in [0.2, 0.25) is 5.91 Å². The number of rotatable bonds is 7. The van der Waals surface area contributed by atoms with Crippen molar-refractivity contribution in [2.45, 2.75) is 38.7 Å². The normalized spacial score (nSPS) is 19.3. The quantitative estimate of drug-likeness (QED) is 0.458. The molecule has 6 nitrogen and oxygen atoms in total. The third kappa shape index (κ3) is 7.00. The molecule has 0 radical (unpaired) electrons. The number of ether oxygens (including phenoxy) is 1. The summed E-state index contributed by atoms with van der Waals surface area (Å²) in [7, 11) is 1.72. The summed E-state index contributed by atoms with van der Waals surface area (Å²) in [5.41, 5.74) is 0. The van der Waals surface area contributed by atoms with E-state index in [1.54, 1.807) is 7.05 Å². The topological polar surface area (TPSA) is 74.8 Å². The van der Waals surface area contributed by atoms with Crippen molar-refractivity contribution in [2.24, 2.45) is 4.99 Å². The molecule has 6 heteroatoms. The Morgan fingerprint density at radius 3 is 2.79 bits per heavy atom. The number of carbonyl (C=O) groups excluding carboxylic acids is 1. The summed E-state index contributed by atoms with van der Waals surface area (Å²) in [4.78, 5) is 15.5. The molecular weight excluding hydrogens is 244 g/mol. The molecule has 1 heterocycles. The van der Waals surface area contributed by atoms with Gasteiger partial charge < -0.3 is 20.7 Å². The van der Waals surface area contributed by atoms with Crippen molar-refractivity contribution >= 4 is 11.9 Å². The van der Waals surface area contributed by atoms with Crippen LogP contribution in [0.4, 0.5) is 0 Å². The lowest BCUT2D eigenvalue weighted by atomic mass is 10.2. The van der Waals surface area contributed by atoms with Crippen molar-refractivity contribution in [1.29, 1.82) is 0 Å². The molecule has 1 amide bonds. The van der Waals surface area contributed by atoms with Crippen molar-refractivity contribution in [1.82, 2.24) is 16.0 Å². The van der Waals surface area contributed by atoms with Gasteiger partial charge in [0.1, 0.15) is 0 Å². The molecule has 0 saturated carbocycles. The molecule has 0 aromatic heterocycles. The van der Waals surface area contributed by atoms with Crippen LogP contribution in [0.25, 0.3) is 0 Å². The summed E-state index contributed by atoms with van der Waals surface area (Å²) in [6, 6.07) is 0. The Morgan fingerprint density at radius 2 is 2.16 bits per heavy atom. The van der Waals surface area contributed by atoms with E-state index in [1.165, 1.54) is 0 Å². The van der Waals surface area contributed by atoms with Crippen LogP contribution in [0.3, 0.4) is 0 Å². The van der Waals surface area contributed by atoms with Crippen LogP contribution in [-0.2, 0) is 9.53 Å². The Labute approximate surface area is 115 Å². The third-order valence-corrected chi connectivity index (χ3v) is 2.96. The molecule has 1 unspecified atom stereocenters. The van der Waals surface area contributed by atoms with E-state index < -0.39 is 0 Å². The Kier molecular flexibility index (Phi) is 7.97. The number of nitrogens with one attached hydrogen (secondary N) is 3. The van der Waals surface area contributed by atoms with Gasteiger partial charge in [0, 0.05) is 39.7 Å². The molecule has 1 saturated heterocycles. The fraction of sp³-hybridized carbons (Fsp3) is 0.846. The van der Waals surface area contributed by atoms with Crippen molar-refractivity contribution in [2.75, 3.05) is 33.3 Å². The maximum atomic E-state index is 11.4. The molecule has 1 rings (SSSR count). The van der Waals surface area contributed by atoms with E-state index in [0.29, 0.717) is 13.0 Å². The highest BCUT2D eigenvalue weighted by Gasteiger charge is 2.15. The van der Waals surface area contributed by atoms with Gasteiger partial charge >= 0.3 is 0 Å².